The van der Waals surface area contributed by atoms with E-state index >= 15 is 0 Å². The summed E-state index contributed by atoms with van der Waals surface area (Å²) in [7, 11) is 0. The number of aromatic nitrogens is 1. The summed E-state index contributed by atoms with van der Waals surface area (Å²) < 4.78 is 12.1. The number of nitrogens with zero attached hydrogens (tertiary/aromatic N) is 2. The summed E-state index contributed by atoms with van der Waals surface area (Å²) in [5.74, 6) is 1.85. The van der Waals surface area contributed by atoms with Gasteiger partial charge in [-0.25, -0.2) is 0 Å². The lowest BCUT2D eigenvalue weighted by atomic mass is 10.0. The SMILES string of the molecule is N#Cc1ccc(Cc2ccnc(-c3ccccc3)c2Oc2ccc3c(c2)OCCC3=O)cc1. The molecule has 0 saturated carbocycles. The second-order valence-electron chi connectivity index (χ2n) is 7.78. The first kappa shape index (κ1) is 20.5. The van der Waals surface area contributed by atoms with Gasteiger partial charge in [-0.1, -0.05) is 42.5 Å². The minimum Gasteiger partial charge on any atom is -0.492 e. The maximum atomic E-state index is 12.1. The predicted molar refractivity (Wildman–Crippen MR) is 125 cm³/mol. The molecule has 0 atom stereocenters. The number of pyridine rings is 1. The van der Waals surface area contributed by atoms with Gasteiger partial charge >= 0.3 is 0 Å². The van der Waals surface area contributed by atoms with E-state index in [0.717, 1.165) is 22.4 Å². The summed E-state index contributed by atoms with van der Waals surface area (Å²) in [6.07, 6.45) is 2.79. The average molecular weight is 432 g/mol. The molecule has 3 aromatic carbocycles. The first-order valence-electron chi connectivity index (χ1n) is 10.7. The lowest BCUT2D eigenvalue weighted by molar-refractivity contribution is 0.0933. The molecule has 0 unspecified atom stereocenters. The number of ketones is 1. The van der Waals surface area contributed by atoms with Crippen molar-refractivity contribution in [1.82, 2.24) is 4.98 Å². The van der Waals surface area contributed by atoms with Crippen LogP contribution in [0.1, 0.15) is 33.5 Å². The van der Waals surface area contributed by atoms with Crippen LogP contribution < -0.4 is 9.47 Å². The lowest BCUT2D eigenvalue weighted by Crippen LogP contribution is -2.15. The van der Waals surface area contributed by atoms with Crippen LogP contribution in [0.2, 0.25) is 0 Å². The monoisotopic (exact) mass is 432 g/mol. The summed E-state index contributed by atoms with van der Waals surface area (Å²) in [6.45, 7) is 0.376. The number of fused-ring (bicyclic) bond motifs is 1. The number of nitriles is 1. The standard InChI is InChI=1S/C28H20N2O3/c29-18-20-8-6-19(7-9-20)16-22-12-14-30-27(21-4-2-1-3-5-21)28(22)33-23-10-11-24-25(31)13-15-32-26(24)17-23/h1-12,14,17H,13,15-16H2. The molecule has 0 aliphatic carbocycles. The number of hydrogen-bond donors (Lipinski definition) is 0. The van der Waals surface area contributed by atoms with E-state index in [9.17, 15) is 4.79 Å². The van der Waals surface area contributed by atoms with E-state index in [2.05, 4.69) is 11.1 Å². The lowest BCUT2D eigenvalue weighted by Gasteiger charge is -2.19. The molecular weight excluding hydrogens is 412 g/mol. The van der Waals surface area contributed by atoms with Crippen molar-refractivity contribution in [3.05, 3.63) is 107 Å². The average Bonchev–Trinajstić information content (AvgIpc) is 2.86. The third-order valence-electron chi connectivity index (χ3n) is 5.57. The Morgan fingerprint density at radius 3 is 2.61 bits per heavy atom. The van der Waals surface area contributed by atoms with Crippen molar-refractivity contribution >= 4 is 5.78 Å². The Labute approximate surface area is 191 Å². The minimum atomic E-state index is 0.0793. The summed E-state index contributed by atoms with van der Waals surface area (Å²) >= 11 is 0. The molecule has 160 valence electrons. The van der Waals surface area contributed by atoms with Gasteiger partial charge in [0.25, 0.3) is 0 Å². The van der Waals surface area contributed by atoms with Crippen LogP contribution >= 0.6 is 0 Å². The number of carbonyl (C=O) groups is 1. The van der Waals surface area contributed by atoms with Crippen molar-refractivity contribution in [1.29, 1.82) is 5.26 Å². The molecule has 33 heavy (non-hydrogen) atoms. The highest BCUT2D eigenvalue weighted by Gasteiger charge is 2.20. The van der Waals surface area contributed by atoms with Crippen LogP contribution in [0, 0.1) is 11.3 Å². The van der Waals surface area contributed by atoms with Crippen molar-refractivity contribution in [3.8, 4) is 34.6 Å². The summed E-state index contributed by atoms with van der Waals surface area (Å²) in [4.78, 5) is 16.8. The maximum absolute atomic E-state index is 12.1. The second kappa shape index (κ2) is 8.97. The molecule has 5 heteroatoms. The van der Waals surface area contributed by atoms with Crippen molar-refractivity contribution < 1.29 is 14.3 Å². The Morgan fingerprint density at radius 2 is 1.82 bits per heavy atom. The maximum Gasteiger partial charge on any atom is 0.169 e. The molecule has 0 fully saturated rings. The first-order valence-corrected chi connectivity index (χ1v) is 10.7. The van der Waals surface area contributed by atoms with Crippen LogP contribution in [0.15, 0.2) is 85.1 Å². The molecule has 4 aromatic rings. The zero-order valence-corrected chi connectivity index (χ0v) is 17.8. The van der Waals surface area contributed by atoms with Crippen LogP contribution in [0.5, 0.6) is 17.2 Å². The molecule has 1 aliphatic rings. The number of rotatable bonds is 5. The third kappa shape index (κ3) is 4.32. The molecule has 5 rings (SSSR count). The van der Waals surface area contributed by atoms with Crippen molar-refractivity contribution in [2.45, 2.75) is 12.8 Å². The van der Waals surface area contributed by atoms with Gasteiger partial charge in [-0.3, -0.25) is 9.78 Å². The van der Waals surface area contributed by atoms with Gasteiger partial charge in [0.05, 0.1) is 23.8 Å². The van der Waals surface area contributed by atoms with Crippen LogP contribution in [0.25, 0.3) is 11.3 Å². The van der Waals surface area contributed by atoms with Gasteiger partial charge in [-0.15, -0.1) is 0 Å². The van der Waals surface area contributed by atoms with Gasteiger partial charge in [0, 0.05) is 36.2 Å². The van der Waals surface area contributed by atoms with Gasteiger partial charge in [-0.2, -0.15) is 5.26 Å². The van der Waals surface area contributed by atoms with Crippen molar-refractivity contribution in [2.75, 3.05) is 6.61 Å². The fourth-order valence-electron chi connectivity index (χ4n) is 3.88. The van der Waals surface area contributed by atoms with E-state index in [4.69, 9.17) is 14.7 Å². The Hall–Kier alpha value is -4.43. The highest BCUT2D eigenvalue weighted by Crippen LogP contribution is 2.38. The van der Waals surface area contributed by atoms with Crippen molar-refractivity contribution in [3.63, 3.8) is 0 Å². The van der Waals surface area contributed by atoms with E-state index in [1.165, 1.54) is 0 Å². The highest BCUT2D eigenvalue weighted by molar-refractivity contribution is 5.99. The van der Waals surface area contributed by atoms with Gasteiger partial charge in [0.2, 0.25) is 0 Å². The summed E-state index contributed by atoms with van der Waals surface area (Å²) in [6, 6.07) is 26.8. The summed E-state index contributed by atoms with van der Waals surface area (Å²) in [5, 5.41) is 9.08. The quantitative estimate of drug-likeness (QED) is 0.389. The minimum absolute atomic E-state index is 0.0793. The molecule has 0 N–H and O–H groups in total. The fourth-order valence-corrected chi connectivity index (χ4v) is 3.88. The van der Waals surface area contributed by atoms with E-state index < -0.39 is 0 Å². The zero-order chi connectivity index (χ0) is 22.6. The number of ether oxygens (including phenoxy) is 2. The van der Waals surface area contributed by atoms with Crippen LogP contribution in [0.4, 0.5) is 0 Å². The van der Waals surface area contributed by atoms with Crippen LogP contribution in [-0.2, 0) is 6.42 Å². The third-order valence-corrected chi connectivity index (χ3v) is 5.57. The molecule has 5 nitrogen and oxygen atoms in total. The number of Topliss-reactive ketones (excluding diaryl/α,β-unsaturated/α-hetero) is 1. The Morgan fingerprint density at radius 1 is 1.00 bits per heavy atom. The smallest absolute Gasteiger partial charge is 0.169 e. The Kier molecular flexibility index (Phi) is 5.57. The molecule has 1 aromatic heterocycles. The van der Waals surface area contributed by atoms with Gasteiger partial charge in [0.1, 0.15) is 17.2 Å². The number of hydrogen-bond acceptors (Lipinski definition) is 5. The molecule has 2 heterocycles. The molecule has 1 aliphatic heterocycles. The van der Waals surface area contributed by atoms with Crippen LogP contribution in [-0.4, -0.2) is 17.4 Å². The normalized spacial score (nSPS) is 12.4. The van der Waals surface area contributed by atoms with E-state index in [0.29, 0.717) is 47.8 Å². The summed E-state index contributed by atoms with van der Waals surface area (Å²) in [5.41, 5.74) is 4.90. The van der Waals surface area contributed by atoms with E-state index in [1.807, 2.05) is 60.7 Å². The highest BCUT2D eigenvalue weighted by atomic mass is 16.5. The van der Waals surface area contributed by atoms with Crippen LogP contribution in [0.3, 0.4) is 0 Å². The number of carbonyl (C=O) groups excluding carboxylic acids is 1. The molecule has 0 saturated heterocycles. The fraction of sp³-hybridized carbons (Fsp3) is 0.107. The molecule has 0 radical (unpaired) electrons. The topological polar surface area (TPSA) is 72.2 Å². The van der Waals surface area contributed by atoms with Crippen molar-refractivity contribution in [2.24, 2.45) is 0 Å². The van der Waals surface area contributed by atoms with Gasteiger partial charge < -0.3 is 9.47 Å². The Bertz CT molecular complexity index is 1360. The molecule has 0 bridgehead atoms. The predicted octanol–water partition coefficient (Wildman–Crippen LogP) is 5.97. The molecular formula is C28H20N2O3. The Balaban J connectivity index is 1.56. The van der Waals surface area contributed by atoms with E-state index in [1.54, 1.807) is 24.4 Å². The van der Waals surface area contributed by atoms with Gasteiger partial charge in [0.15, 0.2) is 11.5 Å². The van der Waals surface area contributed by atoms with E-state index in [-0.39, 0.29) is 5.78 Å². The second-order valence-corrected chi connectivity index (χ2v) is 7.78. The first-order chi connectivity index (χ1) is 16.2. The molecule has 0 spiro atoms. The molecule has 0 amide bonds. The van der Waals surface area contributed by atoms with Gasteiger partial charge in [-0.05, 0) is 35.9 Å². The zero-order valence-electron chi connectivity index (χ0n) is 17.8. The largest absolute Gasteiger partial charge is 0.492 e. The number of benzene rings is 3.